The molecule has 10 aromatic rings. The highest BCUT2D eigenvalue weighted by Crippen LogP contribution is 2.45. The van der Waals surface area contributed by atoms with Crippen LogP contribution in [0.3, 0.4) is 0 Å². The zero-order valence-electron chi connectivity index (χ0n) is 25.4. The fourth-order valence-electron chi connectivity index (χ4n) is 7.22. The van der Waals surface area contributed by atoms with Gasteiger partial charge in [-0.05, 0) is 81.9 Å². The lowest BCUT2D eigenvalue weighted by Crippen LogP contribution is -2.10. The maximum atomic E-state index is 6.38. The van der Waals surface area contributed by atoms with Crippen molar-refractivity contribution in [2.45, 2.75) is 0 Å². The number of hydrogen-bond donors (Lipinski definition) is 0. The molecule has 0 bridgehead atoms. The van der Waals surface area contributed by atoms with Crippen LogP contribution in [0.2, 0.25) is 0 Å². The Bertz CT molecular complexity index is 2820. The minimum atomic E-state index is 0.881. The van der Waals surface area contributed by atoms with Crippen molar-refractivity contribution in [3.63, 3.8) is 0 Å². The summed E-state index contributed by atoms with van der Waals surface area (Å²) < 4.78 is 9.03. The summed E-state index contributed by atoms with van der Waals surface area (Å²) in [5, 5.41) is 9.73. The van der Waals surface area contributed by atoms with Crippen LogP contribution in [0.4, 0.5) is 17.1 Å². The Balaban J connectivity index is 1.20. The van der Waals surface area contributed by atoms with E-state index in [1.165, 1.54) is 52.8 Å². The average Bonchev–Trinajstić information content (AvgIpc) is 3.69. The molecule has 0 fully saturated rings. The number of hydrogen-bond acceptors (Lipinski definition) is 3. The Kier molecular flexibility index (Phi) is 5.78. The lowest BCUT2D eigenvalue weighted by molar-refractivity contribution is 0.669. The van der Waals surface area contributed by atoms with E-state index in [2.05, 4.69) is 157 Å². The van der Waals surface area contributed by atoms with Crippen LogP contribution in [0, 0.1) is 0 Å². The van der Waals surface area contributed by atoms with Gasteiger partial charge in [0, 0.05) is 53.8 Å². The summed E-state index contributed by atoms with van der Waals surface area (Å²) in [5.41, 5.74) is 7.52. The van der Waals surface area contributed by atoms with E-state index in [-0.39, 0.29) is 0 Å². The molecule has 0 spiro atoms. The van der Waals surface area contributed by atoms with Crippen molar-refractivity contribution < 1.29 is 4.42 Å². The Hall–Kier alpha value is -5.90. The number of fused-ring (bicyclic) bond motifs is 8. The quantitative estimate of drug-likeness (QED) is 0.195. The van der Waals surface area contributed by atoms with E-state index in [1.807, 2.05) is 23.5 Å². The molecule has 0 unspecified atom stereocenters. The van der Waals surface area contributed by atoms with Crippen LogP contribution >= 0.6 is 11.3 Å². The van der Waals surface area contributed by atoms with Crippen LogP contribution in [0.1, 0.15) is 0 Å². The van der Waals surface area contributed by atoms with Gasteiger partial charge in [0.15, 0.2) is 0 Å². The van der Waals surface area contributed by atoms with E-state index < -0.39 is 0 Å². The van der Waals surface area contributed by atoms with Crippen molar-refractivity contribution in [3.8, 4) is 11.1 Å². The summed E-state index contributed by atoms with van der Waals surface area (Å²) in [6.45, 7) is 0. The maximum Gasteiger partial charge on any atom is 0.137 e. The Labute approximate surface area is 275 Å². The zero-order chi connectivity index (χ0) is 30.9. The summed E-state index contributed by atoms with van der Waals surface area (Å²) >= 11 is 1.86. The van der Waals surface area contributed by atoms with E-state index >= 15 is 0 Å². The fraction of sp³-hybridized carbons (Fsp3) is 0. The predicted molar refractivity (Wildman–Crippen MR) is 202 cm³/mol. The number of benzene rings is 8. The van der Waals surface area contributed by atoms with E-state index in [9.17, 15) is 0 Å². The topological polar surface area (TPSA) is 16.4 Å². The van der Waals surface area contributed by atoms with Crippen molar-refractivity contribution in [3.05, 3.63) is 164 Å². The van der Waals surface area contributed by atoms with Crippen molar-refractivity contribution in [2.75, 3.05) is 4.90 Å². The smallest absolute Gasteiger partial charge is 0.137 e. The fourth-order valence-corrected chi connectivity index (χ4v) is 8.31. The van der Waals surface area contributed by atoms with Crippen molar-refractivity contribution in [2.24, 2.45) is 0 Å². The van der Waals surface area contributed by atoms with Crippen molar-refractivity contribution >= 4 is 92.1 Å². The summed E-state index contributed by atoms with van der Waals surface area (Å²) in [5.74, 6) is 0. The van der Waals surface area contributed by atoms with Gasteiger partial charge in [0.1, 0.15) is 11.2 Å². The van der Waals surface area contributed by atoms with E-state index in [4.69, 9.17) is 4.42 Å². The molecule has 220 valence electrons. The molecule has 47 heavy (non-hydrogen) atoms. The van der Waals surface area contributed by atoms with E-state index in [0.717, 1.165) is 39.0 Å². The molecule has 0 aliphatic heterocycles. The molecule has 2 aromatic heterocycles. The molecule has 0 radical (unpaired) electrons. The second-order valence-electron chi connectivity index (χ2n) is 12.1. The van der Waals surface area contributed by atoms with Crippen molar-refractivity contribution in [1.29, 1.82) is 0 Å². The van der Waals surface area contributed by atoms with Gasteiger partial charge in [-0.25, -0.2) is 0 Å². The van der Waals surface area contributed by atoms with Gasteiger partial charge in [-0.2, -0.15) is 0 Å². The van der Waals surface area contributed by atoms with E-state index in [1.54, 1.807) is 0 Å². The molecule has 2 heterocycles. The Morgan fingerprint density at radius 2 is 1.09 bits per heavy atom. The van der Waals surface area contributed by atoms with Crippen LogP contribution < -0.4 is 4.90 Å². The van der Waals surface area contributed by atoms with E-state index in [0.29, 0.717) is 0 Å². The van der Waals surface area contributed by atoms with Crippen LogP contribution in [0.15, 0.2) is 168 Å². The molecular weight excluding hydrogens is 591 g/mol. The standard InChI is InChI=1S/C44H27NOS/c1-2-10-29-25-31(19-17-28(29)9-1)45(32-20-21-37-36-13-5-7-15-41(36)46-42(37)27-32)40-23-22-33(34-11-3-4-12-35(34)40)30-18-24-44-39(26-30)38-14-6-8-16-43(38)47-44/h1-27H. The highest BCUT2D eigenvalue weighted by Gasteiger charge is 2.20. The number of para-hydroxylation sites is 1. The first-order valence-electron chi connectivity index (χ1n) is 15.9. The predicted octanol–water partition coefficient (Wildman–Crippen LogP) is 13.4. The van der Waals surface area contributed by atoms with Crippen LogP contribution in [-0.4, -0.2) is 0 Å². The summed E-state index contributed by atoms with van der Waals surface area (Å²) in [7, 11) is 0. The van der Waals surface area contributed by atoms with Gasteiger partial charge >= 0.3 is 0 Å². The van der Waals surface area contributed by atoms with Crippen LogP contribution in [0.5, 0.6) is 0 Å². The summed E-state index contributed by atoms with van der Waals surface area (Å²) in [4.78, 5) is 2.38. The molecule has 0 saturated heterocycles. The molecule has 0 N–H and O–H groups in total. The first-order valence-corrected chi connectivity index (χ1v) is 16.7. The summed E-state index contributed by atoms with van der Waals surface area (Å²) in [6.07, 6.45) is 0. The Morgan fingerprint density at radius 3 is 2.00 bits per heavy atom. The molecule has 0 aliphatic rings. The third-order valence-corrected chi connectivity index (χ3v) is 10.6. The molecule has 0 atom stereocenters. The molecule has 10 rings (SSSR count). The summed E-state index contributed by atoms with van der Waals surface area (Å²) in [6, 6.07) is 59.2. The van der Waals surface area contributed by atoms with Gasteiger partial charge in [0.25, 0.3) is 0 Å². The third kappa shape index (κ3) is 4.17. The number of furan rings is 1. The number of anilines is 3. The second kappa shape index (κ2) is 10.3. The minimum Gasteiger partial charge on any atom is -0.456 e. The molecule has 0 saturated carbocycles. The lowest BCUT2D eigenvalue weighted by atomic mass is 9.95. The van der Waals surface area contributed by atoms with Crippen LogP contribution in [-0.2, 0) is 0 Å². The molecule has 2 nitrogen and oxygen atoms in total. The van der Waals surface area contributed by atoms with Crippen LogP contribution in [0.25, 0.3) is 74.8 Å². The average molecular weight is 618 g/mol. The van der Waals surface area contributed by atoms with Gasteiger partial charge in [-0.1, -0.05) is 103 Å². The van der Waals surface area contributed by atoms with Gasteiger partial charge in [0.05, 0.1) is 5.69 Å². The van der Waals surface area contributed by atoms with Gasteiger partial charge in [0.2, 0.25) is 0 Å². The molecule has 0 aliphatic carbocycles. The monoisotopic (exact) mass is 617 g/mol. The highest BCUT2D eigenvalue weighted by molar-refractivity contribution is 7.25. The molecular formula is C44H27NOS. The number of thiophene rings is 1. The minimum absolute atomic E-state index is 0.881. The molecule has 0 amide bonds. The maximum absolute atomic E-state index is 6.38. The zero-order valence-corrected chi connectivity index (χ0v) is 26.2. The number of rotatable bonds is 4. The molecule has 8 aromatic carbocycles. The van der Waals surface area contributed by atoms with Gasteiger partial charge < -0.3 is 9.32 Å². The van der Waals surface area contributed by atoms with Crippen molar-refractivity contribution in [1.82, 2.24) is 0 Å². The first-order chi connectivity index (χ1) is 23.3. The highest BCUT2D eigenvalue weighted by atomic mass is 32.1. The number of nitrogens with zero attached hydrogens (tertiary/aromatic N) is 1. The molecule has 3 heteroatoms. The second-order valence-corrected chi connectivity index (χ2v) is 13.2. The third-order valence-electron chi connectivity index (χ3n) is 9.44. The first kappa shape index (κ1) is 26.3. The Morgan fingerprint density at radius 1 is 0.404 bits per heavy atom. The normalized spacial score (nSPS) is 11.8. The largest absolute Gasteiger partial charge is 0.456 e. The lowest BCUT2D eigenvalue weighted by Gasteiger charge is -2.28. The van der Waals surface area contributed by atoms with Gasteiger partial charge in [-0.3, -0.25) is 0 Å². The van der Waals surface area contributed by atoms with Gasteiger partial charge in [-0.15, -0.1) is 11.3 Å². The SMILES string of the molecule is c1ccc2cc(N(c3ccc4c(c3)oc3ccccc34)c3ccc(-c4ccc5sc6ccccc6c5c4)c4ccccc34)ccc2c1.